The van der Waals surface area contributed by atoms with Gasteiger partial charge in [0, 0.05) is 10.6 Å². The number of aryl methyl sites for hydroxylation is 1. The Hall–Kier alpha value is -0.530. The molecule has 0 spiro atoms. The first-order chi connectivity index (χ1) is 9.02. The zero-order valence-electron chi connectivity index (χ0n) is 12.2. The third kappa shape index (κ3) is 3.97. The molecule has 1 aliphatic rings. The van der Waals surface area contributed by atoms with Crippen molar-refractivity contribution < 1.29 is 0 Å². The van der Waals surface area contributed by atoms with E-state index in [-0.39, 0.29) is 5.54 Å². The minimum Gasteiger partial charge on any atom is -0.325 e. The molecule has 1 aromatic carbocycles. The van der Waals surface area contributed by atoms with Gasteiger partial charge in [0.15, 0.2) is 0 Å². The Bertz CT molecular complexity index is 419. The van der Waals surface area contributed by atoms with Crippen LogP contribution in [0.5, 0.6) is 0 Å². The summed E-state index contributed by atoms with van der Waals surface area (Å²) >= 11 is 6.33. The maximum atomic E-state index is 6.60. The van der Waals surface area contributed by atoms with Crippen LogP contribution >= 0.6 is 11.6 Å². The van der Waals surface area contributed by atoms with E-state index < -0.39 is 0 Å². The Balaban J connectivity index is 1.99. The molecule has 2 N–H and O–H groups in total. The van der Waals surface area contributed by atoms with E-state index in [1.165, 1.54) is 36.8 Å². The van der Waals surface area contributed by atoms with Gasteiger partial charge in [-0.3, -0.25) is 0 Å². The molecule has 0 amide bonds. The van der Waals surface area contributed by atoms with Crippen molar-refractivity contribution in [2.75, 3.05) is 0 Å². The summed E-state index contributed by atoms with van der Waals surface area (Å²) in [5, 5.41) is 0.875. The zero-order valence-corrected chi connectivity index (χ0v) is 13.0. The smallest absolute Gasteiger partial charge is 0.0441 e. The van der Waals surface area contributed by atoms with Crippen LogP contribution in [0.15, 0.2) is 18.2 Å². The molecular weight excluding hydrogens is 254 g/mol. The van der Waals surface area contributed by atoms with Crippen LogP contribution in [0.1, 0.15) is 56.6 Å². The summed E-state index contributed by atoms with van der Waals surface area (Å²) in [6, 6.07) is 6.32. The van der Waals surface area contributed by atoms with Crippen molar-refractivity contribution in [2.24, 2.45) is 11.7 Å². The molecule has 2 rings (SSSR count). The molecule has 2 heteroatoms. The van der Waals surface area contributed by atoms with Gasteiger partial charge in [0.05, 0.1) is 0 Å². The van der Waals surface area contributed by atoms with Gasteiger partial charge < -0.3 is 5.73 Å². The van der Waals surface area contributed by atoms with Crippen molar-refractivity contribution in [1.82, 2.24) is 0 Å². The highest BCUT2D eigenvalue weighted by Crippen LogP contribution is 2.36. The number of rotatable bonds is 4. The minimum absolute atomic E-state index is 0.0386. The fraction of sp³-hybridized carbons (Fsp3) is 0.647. The average Bonchev–Trinajstić information content (AvgIpc) is 2.36. The van der Waals surface area contributed by atoms with Crippen LogP contribution in [-0.2, 0) is 6.42 Å². The van der Waals surface area contributed by atoms with Crippen molar-refractivity contribution in [3.63, 3.8) is 0 Å². The van der Waals surface area contributed by atoms with E-state index in [1.54, 1.807) is 0 Å². The van der Waals surface area contributed by atoms with E-state index in [9.17, 15) is 0 Å². The monoisotopic (exact) mass is 279 g/mol. The van der Waals surface area contributed by atoms with Crippen LogP contribution in [0.3, 0.4) is 0 Å². The highest BCUT2D eigenvalue weighted by Gasteiger charge is 2.31. The molecule has 1 aromatic rings. The number of hydrogen-bond acceptors (Lipinski definition) is 1. The molecule has 19 heavy (non-hydrogen) atoms. The second kappa shape index (κ2) is 6.28. The molecule has 0 saturated heterocycles. The maximum Gasteiger partial charge on any atom is 0.0441 e. The second-order valence-corrected chi connectivity index (χ2v) is 6.77. The predicted octanol–water partition coefficient (Wildman–Crippen LogP) is 4.88. The molecule has 0 radical (unpaired) electrons. The highest BCUT2D eigenvalue weighted by molar-refractivity contribution is 6.31. The van der Waals surface area contributed by atoms with Crippen LogP contribution in [0.2, 0.25) is 5.02 Å². The topological polar surface area (TPSA) is 26.0 Å². The first-order valence-electron chi connectivity index (χ1n) is 7.56. The van der Waals surface area contributed by atoms with Crippen LogP contribution < -0.4 is 5.73 Å². The fourth-order valence-corrected chi connectivity index (χ4v) is 3.60. The van der Waals surface area contributed by atoms with E-state index in [2.05, 4.69) is 26.0 Å². The van der Waals surface area contributed by atoms with Gasteiger partial charge in [0.2, 0.25) is 0 Å². The molecule has 1 nitrogen and oxygen atoms in total. The highest BCUT2D eigenvalue weighted by atomic mass is 35.5. The van der Waals surface area contributed by atoms with Gasteiger partial charge in [-0.25, -0.2) is 0 Å². The Morgan fingerprint density at radius 1 is 1.32 bits per heavy atom. The molecule has 0 heterocycles. The Morgan fingerprint density at radius 2 is 2.00 bits per heavy atom. The van der Waals surface area contributed by atoms with Gasteiger partial charge >= 0.3 is 0 Å². The molecule has 1 aliphatic carbocycles. The third-order valence-corrected chi connectivity index (χ3v) is 4.90. The molecular formula is C17H26ClN. The fourth-order valence-electron chi connectivity index (χ4n) is 3.30. The molecule has 1 saturated carbocycles. The summed E-state index contributed by atoms with van der Waals surface area (Å²) in [4.78, 5) is 0. The van der Waals surface area contributed by atoms with E-state index in [1.807, 2.05) is 6.07 Å². The summed E-state index contributed by atoms with van der Waals surface area (Å²) in [5.41, 5.74) is 8.99. The largest absolute Gasteiger partial charge is 0.325 e. The summed E-state index contributed by atoms with van der Waals surface area (Å²) in [7, 11) is 0. The molecule has 106 valence electrons. The maximum absolute atomic E-state index is 6.60. The van der Waals surface area contributed by atoms with Crippen LogP contribution in [0, 0.1) is 12.8 Å². The number of hydrogen-bond donors (Lipinski definition) is 1. The van der Waals surface area contributed by atoms with Crippen LogP contribution in [0.25, 0.3) is 0 Å². The lowest BCUT2D eigenvalue weighted by Crippen LogP contribution is -2.45. The third-order valence-electron chi connectivity index (χ3n) is 4.55. The lowest BCUT2D eigenvalue weighted by atomic mass is 9.73. The van der Waals surface area contributed by atoms with Crippen LogP contribution in [0.4, 0.5) is 0 Å². The number of halogens is 1. The van der Waals surface area contributed by atoms with E-state index in [0.717, 1.165) is 30.2 Å². The molecule has 0 unspecified atom stereocenters. The lowest BCUT2D eigenvalue weighted by Gasteiger charge is -2.37. The molecule has 0 aromatic heterocycles. The molecule has 1 fully saturated rings. The summed E-state index contributed by atoms with van der Waals surface area (Å²) in [5.74, 6) is 0.898. The van der Waals surface area contributed by atoms with Gasteiger partial charge in [-0.2, -0.15) is 0 Å². The molecule has 0 bridgehead atoms. The first kappa shape index (κ1) is 14.9. The van der Waals surface area contributed by atoms with Crippen molar-refractivity contribution in [1.29, 1.82) is 0 Å². The second-order valence-electron chi connectivity index (χ2n) is 6.37. The van der Waals surface area contributed by atoms with Crippen LogP contribution in [-0.4, -0.2) is 5.54 Å². The summed E-state index contributed by atoms with van der Waals surface area (Å²) < 4.78 is 0. The Kier molecular flexibility index (Phi) is 4.92. The average molecular weight is 280 g/mol. The Labute approximate surface area is 122 Å². The van der Waals surface area contributed by atoms with Crippen molar-refractivity contribution in [2.45, 2.75) is 64.3 Å². The Morgan fingerprint density at radius 3 is 2.58 bits per heavy atom. The van der Waals surface area contributed by atoms with Gasteiger partial charge in [-0.15, -0.1) is 0 Å². The van der Waals surface area contributed by atoms with Gasteiger partial charge in [0.1, 0.15) is 0 Å². The standard InChI is InChI=1S/C17H26ClN/c1-3-4-14-7-9-17(19,10-8-14)12-15-6-5-13(2)11-16(15)18/h5-6,11,14H,3-4,7-10,12,19H2,1-2H3. The molecule has 0 atom stereocenters. The van der Waals surface area contributed by atoms with Gasteiger partial charge in [0.25, 0.3) is 0 Å². The van der Waals surface area contributed by atoms with Crippen molar-refractivity contribution in [3.05, 3.63) is 34.3 Å². The first-order valence-corrected chi connectivity index (χ1v) is 7.94. The normalized spacial score (nSPS) is 27.5. The van der Waals surface area contributed by atoms with Gasteiger partial charge in [-0.05, 0) is 62.1 Å². The van der Waals surface area contributed by atoms with E-state index in [4.69, 9.17) is 17.3 Å². The zero-order chi connectivity index (χ0) is 13.9. The quantitative estimate of drug-likeness (QED) is 0.835. The lowest BCUT2D eigenvalue weighted by molar-refractivity contribution is 0.223. The summed E-state index contributed by atoms with van der Waals surface area (Å²) in [6.07, 6.45) is 8.43. The van der Waals surface area contributed by atoms with Crippen molar-refractivity contribution in [3.8, 4) is 0 Å². The van der Waals surface area contributed by atoms with E-state index in [0.29, 0.717) is 0 Å². The predicted molar refractivity (Wildman–Crippen MR) is 83.7 cm³/mol. The number of benzene rings is 1. The number of nitrogens with two attached hydrogens (primary N) is 1. The minimum atomic E-state index is -0.0386. The SMILES string of the molecule is CCCC1CCC(N)(Cc2ccc(C)cc2Cl)CC1. The van der Waals surface area contributed by atoms with E-state index >= 15 is 0 Å². The van der Waals surface area contributed by atoms with Gasteiger partial charge in [-0.1, -0.05) is 43.5 Å². The molecule has 0 aliphatic heterocycles. The van der Waals surface area contributed by atoms with Crippen molar-refractivity contribution >= 4 is 11.6 Å². The summed E-state index contributed by atoms with van der Waals surface area (Å²) in [6.45, 7) is 4.35.